The molecule has 8 nitrogen and oxygen atoms in total. The van der Waals surface area contributed by atoms with Crippen molar-refractivity contribution in [3.63, 3.8) is 0 Å². The van der Waals surface area contributed by atoms with E-state index in [-0.39, 0.29) is 23.4 Å². The monoisotopic (exact) mass is 497 g/mol. The highest BCUT2D eigenvalue weighted by molar-refractivity contribution is 6.03. The molecule has 0 saturated heterocycles. The molecule has 9 heteroatoms. The number of ether oxygens (including phenoxy) is 1. The van der Waals surface area contributed by atoms with Crippen LogP contribution >= 0.6 is 0 Å². The summed E-state index contributed by atoms with van der Waals surface area (Å²) >= 11 is 0. The molecule has 0 atom stereocenters. The molecule has 36 heavy (non-hydrogen) atoms. The number of halogens is 1. The molecule has 0 unspecified atom stereocenters. The Balaban J connectivity index is 2.07. The number of rotatable bonds is 11. The van der Waals surface area contributed by atoms with Gasteiger partial charge in [0.15, 0.2) is 0 Å². The number of aliphatic imine (C=N–C) groups is 1. The number of amides is 2. The minimum atomic E-state index is -0.510. The van der Waals surface area contributed by atoms with E-state index >= 15 is 0 Å². The molecule has 0 fully saturated rings. The van der Waals surface area contributed by atoms with Crippen LogP contribution in [-0.2, 0) is 9.59 Å². The van der Waals surface area contributed by atoms with Crippen LogP contribution in [0.25, 0.3) is 5.70 Å². The summed E-state index contributed by atoms with van der Waals surface area (Å²) in [5, 5.41) is 8.77. The van der Waals surface area contributed by atoms with Crippen LogP contribution in [0.1, 0.15) is 39.7 Å². The summed E-state index contributed by atoms with van der Waals surface area (Å²) in [6.45, 7) is 12.5. The van der Waals surface area contributed by atoms with Crippen molar-refractivity contribution in [3.8, 4) is 5.75 Å². The maximum atomic E-state index is 15.0. The van der Waals surface area contributed by atoms with Crippen molar-refractivity contribution in [1.29, 1.82) is 0 Å². The minimum Gasteiger partial charge on any atom is -0.492 e. The smallest absolute Gasteiger partial charge is 0.233 e. The zero-order valence-electron chi connectivity index (χ0n) is 21.9. The molecule has 0 bridgehead atoms. The van der Waals surface area contributed by atoms with Crippen LogP contribution in [0.3, 0.4) is 0 Å². The topological polar surface area (TPSA) is 95.1 Å². The molecule has 0 aliphatic rings. The fraction of sp³-hybridized carbons (Fsp3) is 0.370. The summed E-state index contributed by atoms with van der Waals surface area (Å²) in [7, 11) is 3.48. The molecule has 0 heterocycles. The van der Waals surface area contributed by atoms with Crippen molar-refractivity contribution in [2.24, 2.45) is 4.99 Å². The van der Waals surface area contributed by atoms with E-state index in [0.717, 1.165) is 0 Å². The van der Waals surface area contributed by atoms with Crippen LogP contribution in [0, 0.1) is 5.82 Å². The second-order valence-corrected chi connectivity index (χ2v) is 9.17. The molecule has 0 radical (unpaired) electrons. The second-order valence-electron chi connectivity index (χ2n) is 9.17. The van der Waals surface area contributed by atoms with Crippen molar-refractivity contribution in [1.82, 2.24) is 10.2 Å². The summed E-state index contributed by atoms with van der Waals surface area (Å²) in [5.74, 6) is -0.793. The first-order valence-electron chi connectivity index (χ1n) is 11.7. The molecule has 2 aromatic carbocycles. The third-order valence-electron chi connectivity index (χ3n) is 5.39. The standard InChI is InChI=1S/C27H36FN5O3/c1-8-30-23-16-21(36-14-13-29-6)15-22(28)26(23)18(2)31-19-9-11-20(12-10-19)32-24(34)17-25(35)33(7)27(3,4)5/h8-12,15-16,29,31H,2,13-14,17H2,1,3-7H3,(H,32,34). The van der Waals surface area contributed by atoms with Gasteiger partial charge in [-0.25, -0.2) is 4.39 Å². The normalized spacial score (nSPS) is 11.3. The molecule has 2 amide bonds. The fourth-order valence-electron chi connectivity index (χ4n) is 3.17. The van der Waals surface area contributed by atoms with Gasteiger partial charge in [0, 0.05) is 54.6 Å². The number of anilines is 2. The van der Waals surface area contributed by atoms with Gasteiger partial charge in [0.2, 0.25) is 11.8 Å². The number of hydrogen-bond acceptors (Lipinski definition) is 6. The lowest BCUT2D eigenvalue weighted by Crippen LogP contribution is -2.43. The van der Waals surface area contributed by atoms with Gasteiger partial charge in [0.1, 0.15) is 24.6 Å². The molecule has 2 rings (SSSR count). The number of nitrogens with one attached hydrogen (secondary N) is 3. The Kier molecular flexibility index (Phi) is 10.2. The highest BCUT2D eigenvalue weighted by Crippen LogP contribution is 2.33. The number of hydrogen-bond donors (Lipinski definition) is 3. The molecule has 0 aliphatic carbocycles. The number of carbonyl (C=O) groups excluding carboxylic acids is 2. The zero-order chi connectivity index (χ0) is 26.9. The highest BCUT2D eigenvalue weighted by atomic mass is 19.1. The number of likely N-dealkylation sites (N-methyl/N-ethyl adjacent to an activating group) is 1. The van der Waals surface area contributed by atoms with Gasteiger partial charge in [-0.2, -0.15) is 0 Å². The van der Waals surface area contributed by atoms with Gasteiger partial charge < -0.3 is 25.6 Å². The van der Waals surface area contributed by atoms with Crippen molar-refractivity contribution >= 4 is 40.8 Å². The molecule has 2 aromatic rings. The van der Waals surface area contributed by atoms with Crippen LogP contribution in [0.4, 0.5) is 21.5 Å². The van der Waals surface area contributed by atoms with E-state index in [9.17, 15) is 14.0 Å². The maximum Gasteiger partial charge on any atom is 0.233 e. The third kappa shape index (κ3) is 8.20. The van der Waals surface area contributed by atoms with Gasteiger partial charge in [0.05, 0.1) is 11.3 Å². The van der Waals surface area contributed by atoms with Crippen LogP contribution in [0.15, 0.2) is 48.0 Å². The lowest BCUT2D eigenvalue weighted by Gasteiger charge is -2.31. The van der Waals surface area contributed by atoms with Crippen LogP contribution in [0.2, 0.25) is 0 Å². The summed E-state index contributed by atoms with van der Waals surface area (Å²) in [5.41, 5.74) is 1.75. The molecular weight excluding hydrogens is 461 g/mol. The van der Waals surface area contributed by atoms with Crippen molar-refractivity contribution < 1.29 is 18.7 Å². The first kappa shape index (κ1) is 28.5. The SMILES string of the molecule is C=C(Nc1ccc(NC(=O)CC(=O)N(C)C(C)(C)C)cc1)c1c(F)cc(OCCNC)cc1N=CC. The van der Waals surface area contributed by atoms with Crippen molar-refractivity contribution in [2.45, 2.75) is 39.7 Å². The molecule has 3 N–H and O–H groups in total. The number of nitrogens with zero attached hydrogens (tertiary/aromatic N) is 2. The summed E-state index contributed by atoms with van der Waals surface area (Å²) in [6.07, 6.45) is 1.32. The third-order valence-corrected chi connectivity index (χ3v) is 5.39. The average Bonchev–Trinajstić information content (AvgIpc) is 2.79. The van der Waals surface area contributed by atoms with Gasteiger partial charge in [-0.1, -0.05) is 6.58 Å². The molecule has 0 aliphatic heterocycles. The van der Waals surface area contributed by atoms with Gasteiger partial charge in [-0.05, 0) is 59.0 Å². The lowest BCUT2D eigenvalue weighted by atomic mass is 10.1. The van der Waals surface area contributed by atoms with E-state index in [0.29, 0.717) is 41.7 Å². The van der Waals surface area contributed by atoms with Gasteiger partial charge in [-0.3, -0.25) is 14.6 Å². The largest absolute Gasteiger partial charge is 0.492 e. The zero-order valence-corrected chi connectivity index (χ0v) is 21.9. The van der Waals surface area contributed by atoms with Crippen molar-refractivity contribution in [3.05, 3.63) is 54.4 Å². The Morgan fingerprint density at radius 3 is 2.31 bits per heavy atom. The highest BCUT2D eigenvalue weighted by Gasteiger charge is 2.24. The molecule has 0 saturated carbocycles. The Hall–Kier alpha value is -3.72. The van der Waals surface area contributed by atoms with Crippen molar-refractivity contribution in [2.75, 3.05) is 37.9 Å². The Morgan fingerprint density at radius 2 is 1.75 bits per heavy atom. The molecule has 0 aromatic heterocycles. The second kappa shape index (κ2) is 12.8. The summed E-state index contributed by atoms with van der Waals surface area (Å²) in [4.78, 5) is 30.4. The number of carbonyl (C=O) groups is 2. The summed E-state index contributed by atoms with van der Waals surface area (Å²) in [6, 6.07) is 9.79. The summed E-state index contributed by atoms with van der Waals surface area (Å²) < 4.78 is 20.6. The van der Waals surface area contributed by atoms with Crippen LogP contribution < -0.4 is 20.7 Å². The molecule has 194 valence electrons. The van der Waals surface area contributed by atoms with Gasteiger partial charge in [0.25, 0.3) is 0 Å². The maximum absolute atomic E-state index is 15.0. The van der Waals surface area contributed by atoms with E-state index in [4.69, 9.17) is 4.74 Å². The Labute approximate surface area is 212 Å². The van der Waals surface area contributed by atoms with Gasteiger partial charge >= 0.3 is 0 Å². The van der Waals surface area contributed by atoms with E-state index in [2.05, 4.69) is 27.5 Å². The molecule has 0 spiro atoms. The van der Waals surface area contributed by atoms with Crippen LogP contribution in [0.5, 0.6) is 5.75 Å². The number of benzene rings is 2. The predicted octanol–water partition coefficient (Wildman–Crippen LogP) is 4.81. The quantitative estimate of drug-likeness (QED) is 0.235. The molecular formula is C27H36FN5O3. The minimum absolute atomic E-state index is 0.230. The first-order chi connectivity index (χ1) is 17.0. The average molecular weight is 498 g/mol. The fourth-order valence-corrected chi connectivity index (χ4v) is 3.17. The Morgan fingerprint density at radius 1 is 1.14 bits per heavy atom. The predicted molar refractivity (Wildman–Crippen MR) is 145 cm³/mol. The van der Waals surface area contributed by atoms with Gasteiger partial charge in [-0.15, -0.1) is 0 Å². The Bertz CT molecular complexity index is 1110. The lowest BCUT2D eigenvalue weighted by molar-refractivity contribution is -0.136. The van der Waals surface area contributed by atoms with E-state index in [1.165, 1.54) is 6.07 Å². The van der Waals surface area contributed by atoms with E-state index < -0.39 is 11.7 Å². The van der Waals surface area contributed by atoms with Crippen LogP contribution in [-0.4, -0.2) is 55.7 Å². The van der Waals surface area contributed by atoms with E-state index in [1.807, 2.05) is 27.8 Å². The first-order valence-corrected chi connectivity index (χ1v) is 11.7. The van der Waals surface area contributed by atoms with E-state index in [1.54, 1.807) is 55.4 Å².